The largest absolute Gasteiger partial charge is 0.336 e. The molecule has 1 aliphatic rings. The normalized spacial score (nSPS) is 15.1. The molecule has 0 atom stereocenters. The van der Waals surface area contributed by atoms with Gasteiger partial charge in [-0.25, -0.2) is 14.4 Å². The lowest BCUT2D eigenvalue weighted by Crippen LogP contribution is -2.30. The minimum Gasteiger partial charge on any atom is -0.336 e. The number of halogens is 1. The summed E-state index contributed by atoms with van der Waals surface area (Å²) in [6, 6.07) is 4.84. The molecule has 1 aliphatic heterocycles. The third-order valence-corrected chi connectivity index (χ3v) is 3.53. The van der Waals surface area contributed by atoms with E-state index in [1.165, 1.54) is 12.4 Å². The molecular formula is C14H15FN4O. The zero-order chi connectivity index (χ0) is 14.1. The van der Waals surface area contributed by atoms with Crippen molar-refractivity contribution in [2.24, 2.45) is 0 Å². The van der Waals surface area contributed by atoms with E-state index < -0.39 is 0 Å². The van der Waals surface area contributed by atoms with E-state index in [0.717, 1.165) is 0 Å². The van der Waals surface area contributed by atoms with E-state index in [2.05, 4.69) is 9.97 Å². The van der Waals surface area contributed by atoms with Crippen molar-refractivity contribution in [2.45, 2.75) is 13.3 Å². The molecular weight excluding hydrogens is 259 g/mol. The molecule has 2 aromatic rings. The molecule has 3 rings (SSSR count). The molecule has 0 unspecified atom stereocenters. The van der Waals surface area contributed by atoms with Gasteiger partial charge in [-0.1, -0.05) is 13.0 Å². The van der Waals surface area contributed by atoms with Gasteiger partial charge in [0.2, 0.25) is 5.91 Å². The summed E-state index contributed by atoms with van der Waals surface area (Å²) in [4.78, 5) is 23.7. The number of para-hydroxylation sites is 1. The summed E-state index contributed by atoms with van der Waals surface area (Å²) in [5, 5.41) is 0.679. The van der Waals surface area contributed by atoms with Gasteiger partial charge in [0.05, 0.1) is 6.67 Å². The summed E-state index contributed by atoms with van der Waals surface area (Å²) in [7, 11) is 0. The van der Waals surface area contributed by atoms with Crippen LogP contribution in [0.1, 0.15) is 13.3 Å². The number of nitrogens with zero attached hydrogens (tertiary/aromatic N) is 4. The van der Waals surface area contributed by atoms with Crippen LogP contribution in [0.4, 0.5) is 10.2 Å². The molecule has 0 aliphatic carbocycles. The lowest BCUT2D eigenvalue weighted by Gasteiger charge is -2.19. The number of carbonyl (C=O) groups is 1. The van der Waals surface area contributed by atoms with E-state index in [4.69, 9.17) is 0 Å². The lowest BCUT2D eigenvalue weighted by molar-refractivity contribution is -0.129. The molecule has 1 aromatic heterocycles. The van der Waals surface area contributed by atoms with Gasteiger partial charge in [-0.15, -0.1) is 0 Å². The maximum absolute atomic E-state index is 13.7. The Kier molecular flexibility index (Phi) is 3.22. The van der Waals surface area contributed by atoms with Crippen LogP contribution in [0.2, 0.25) is 0 Å². The summed E-state index contributed by atoms with van der Waals surface area (Å²) >= 11 is 0. The molecule has 104 valence electrons. The topological polar surface area (TPSA) is 49.3 Å². The summed E-state index contributed by atoms with van der Waals surface area (Å²) in [5.41, 5.74) is 0.317. The molecule has 0 radical (unpaired) electrons. The number of fused-ring (bicyclic) bond motifs is 1. The first kappa shape index (κ1) is 12.8. The Labute approximate surface area is 116 Å². The van der Waals surface area contributed by atoms with Crippen LogP contribution < -0.4 is 4.90 Å². The predicted molar refractivity (Wildman–Crippen MR) is 73.7 cm³/mol. The highest BCUT2D eigenvalue weighted by Crippen LogP contribution is 2.26. The highest BCUT2D eigenvalue weighted by atomic mass is 19.1. The van der Waals surface area contributed by atoms with Crippen LogP contribution in [0.3, 0.4) is 0 Å². The van der Waals surface area contributed by atoms with Gasteiger partial charge < -0.3 is 9.80 Å². The second-order valence-corrected chi connectivity index (χ2v) is 4.75. The van der Waals surface area contributed by atoms with Gasteiger partial charge in [-0.2, -0.15) is 0 Å². The van der Waals surface area contributed by atoms with E-state index in [9.17, 15) is 9.18 Å². The summed E-state index contributed by atoms with van der Waals surface area (Å²) < 4.78 is 13.7. The Morgan fingerprint density at radius 1 is 1.35 bits per heavy atom. The van der Waals surface area contributed by atoms with Gasteiger partial charge in [0.25, 0.3) is 0 Å². The first-order valence-corrected chi connectivity index (χ1v) is 6.62. The van der Waals surface area contributed by atoms with Crippen molar-refractivity contribution >= 4 is 22.6 Å². The Balaban J connectivity index is 1.96. The lowest BCUT2D eigenvalue weighted by atomic mass is 10.2. The molecule has 0 bridgehead atoms. The van der Waals surface area contributed by atoms with Crippen molar-refractivity contribution < 1.29 is 9.18 Å². The quantitative estimate of drug-likeness (QED) is 0.837. The van der Waals surface area contributed by atoms with E-state index >= 15 is 0 Å². The van der Waals surface area contributed by atoms with Gasteiger partial charge in [-0.05, 0) is 12.1 Å². The van der Waals surface area contributed by atoms with Crippen molar-refractivity contribution in [3.63, 3.8) is 0 Å². The monoisotopic (exact) mass is 274 g/mol. The highest BCUT2D eigenvalue weighted by molar-refractivity contribution is 5.90. The first-order chi connectivity index (χ1) is 9.70. The van der Waals surface area contributed by atoms with E-state index in [1.807, 2.05) is 11.8 Å². The average Bonchev–Trinajstić information content (AvgIpc) is 2.96. The maximum Gasteiger partial charge on any atom is 0.223 e. The van der Waals surface area contributed by atoms with Crippen molar-refractivity contribution in [1.82, 2.24) is 14.9 Å². The molecule has 1 saturated heterocycles. The van der Waals surface area contributed by atoms with E-state index in [0.29, 0.717) is 42.9 Å². The van der Waals surface area contributed by atoms with Gasteiger partial charge in [0, 0.05) is 24.9 Å². The van der Waals surface area contributed by atoms with Gasteiger partial charge >= 0.3 is 0 Å². The van der Waals surface area contributed by atoms with Crippen molar-refractivity contribution in [2.75, 3.05) is 24.7 Å². The third-order valence-electron chi connectivity index (χ3n) is 3.53. The second-order valence-electron chi connectivity index (χ2n) is 4.75. The van der Waals surface area contributed by atoms with Crippen LogP contribution in [0.25, 0.3) is 10.9 Å². The fraction of sp³-hybridized carbons (Fsp3) is 0.357. The minimum atomic E-state index is -0.355. The Morgan fingerprint density at radius 3 is 3.00 bits per heavy atom. The zero-order valence-corrected chi connectivity index (χ0v) is 11.2. The first-order valence-electron chi connectivity index (χ1n) is 6.62. The number of hydrogen-bond acceptors (Lipinski definition) is 4. The summed E-state index contributed by atoms with van der Waals surface area (Å²) in [5.74, 6) is 0.449. The Hall–Kier alpha value is -2.24. The van der Waals surface area contributed by atoms with Crippen molar-refractivity contribution in [3.8, 4) is 0 Å². The van der Waals surface area contributed by atoms with Crippen LogP contribution in [-0.2, 0) is 4.79 Å². The van der Waals surface area contributed by atoms with Gasteiger partial charge in [0.15, 0.2) is 0 Å². The van der Waals surface area contributed by atoms with Gasteiger partial charge in [0.1, 0.15) is 23.5 Å². The number of carbonyl (C=O) groups excluding carboxylic acids is 1. The molecule has 1 amide bonds. The number of hydrogen-bond donors (Lipinski definition) is 0. The van der Waals surface area contributed by atoms with Crippen molar-refractivity contribution in [1.29, 1.82) is 0 Å². The highest BCUT2D eigenvalue weighted by Gasteiger charge is 2.25. The summed E-state index contributed by atoms with van der Waals surface area (Å²) in [6.07, 6.45) is 1.86. The van der Waals surface area contributed by atoms with Crippen LogP contribution in [0.15, 0.2) is 24.5 Å². The number of amides is 1. The number of rotatable bonds is 2. The van der Waals surface area contributed by atoms with Gasteiger partial charge in [-0.3, -0.25) is 4.79 Å². The minimum absolute atomic E-state index is 0.122. The fourth-order valence-electron chi connectivity index (χ4n) is 2.48. The van der Waals surface area contributed by atoms with Crippen LogP contribution >= 0.6 is 0 Å². The SMILES string of the molecule is CCC(=O)N1CCN(c2ncnc3c(F)cccc23)C1. The molecule has 20 heavy (non-hydrogen) atoms. The molecule has 1 aromatic carbocycles. The molecule has 5 nitrogen and oxygen atoms in total. The fourth-order valence-corrected chi connectivity index (χ4v) is 2.48. The molecule has 0 N–H and O–H groups in total. The molecule has 2 heterocycles. The third kappa shape index (κ3) is 2.07. The molecule has 6 heteroatoms. The standard InChI is InChI=1S/C14H15FN4O/c1-2-12(20)18-6-7-19(9-18)14-10-4-3-5-11(15)13(10)16-8-17-14/h3-5,8H,2,6-7,9H2,1H3. The van der Waals surface area contributed by atoms with Crippen molar-refractivity contribution in [3.05, 3.63) is 30.3 Å². The second kappa shape index (κ2) is 5.03. The maximum atomic E-state index is 13.7. The molecule has 1 fully saturated rings. The van der Waals surface area contributed by atoms with E-state index in [1.54, 1.807) is 17.0 Å². The van der Waals surface area contributed by atoms with E-state index in [-0.39, 0.29) is 11.7 Å². The molecule has 0 spiro atoms. The zero-order valence-electron chi connectivity index (χ0n) is 11.2. The Morgan fingerprint density at radius 2 is 2.20 bits per heavy atom. The molecule has 0 saturated carbocycles. The average molecular weight is 274 g/mol. The van der Waals surface area contributed by atoms with Crippen LogP contribution in [0, 0.1) is 5.82 Å². The summed E-state index contributed by atoms with van der Waals surface area (Å²) in [6.45, 7) is 3.72. The predicted octanol–water partition coefficient (Wildman–Crippen LogP) is 1.78. The number of anilines is 1. The number of benzene rings is 1. The van der Waals surface area contributed by atoms with Crippen LogP contribution in [0.5, 0.6) is 0 Å². The van der Waals surface area contributed by atoms with Crippen LogP contribution in [-0.4, -0.2) is 40.5 Å². The number of aromatic nitrogens is 2. The Bertz CT molecular complexity index is 661. The smallest absolute Gasteiger partial charge is 0.223 e.